The lowest BCUT2D eigenvalue weighted by Gasteiger charge is -2.27. The Morgan fingerprint density at radius 2 is 1.56 bits per heavy atom. The van der Waals surface area contributed by atoms with E-state index in [9.17, 15) is 48.3 Å². The summed E-state index contributed by atoms with van der Waals surface area (Å²) in [7, 11) is 1.50. The second-order valence-electron chi connectivity index (χ2n) is 15.9. The number of likely N-dealkylation sites (N-methyl/N-ethyl adjacent to an activating group) is 1. The Balaban J connectivity index is 0.766. The fraction of sp³-hybridized carbons (Fsp3) is 0.383. The van der Waals surface area contributed by atoms with Crippen molar-refractivity contribution in [3.8, 4) is 11.5 Å². The highest BCUT2D eigenvalue weighted by molar-refractivity contribution is 6.24. The molecule has 2 unspecified atom stereocenters. The molecule has 2 atom stereocenters. The molecule has 2 heterocycles. The number of amides is 8. The summed E-state index contributed by atoms with van der Waals surface area (Å²) in [6.07, 6.45) is 2.59. The van der Waals surface area contributed by atoms with Gasteiger partial charge in [0.15, 0.2) is 12.4 Å². The average molecular weight is 940 g/mol. The molecule has 0 spiro atoms. The number of carbonyl (C=O) groups is 9. The summed E-state index contributed by atoms with van der Waals surface area (Å²) in [4.78, 5) is 115. The summed E-state index contributed by atoms with van der Waals surface area (Å²) in [6.45, 7) is 1.22. The molecule has 1 aliphatic carbocycles. The number of allylic oxidation sites excluding steroid dienone is 1. The van der Waals surface area contributed by atoms with E-state index in [0.29, 0.717) is 0 Å². The maximum Gasteiger partial charge on any atom is 0.267 e. The van der Waals surface area contributed by atoms with Crippen LogP contribution in [0.3, 0.4) is 0 Å². The van der Waals surface area contributed by atoms with Crippen LogP contribution in [0.5, 0.6) is 11.5 Å². The number of nitrogens with one attached hydrogen (secondary N) is 4. The van der Waals surface area contributed by atoms with Gasteiger partial charge in [-0.2, -0.15) is 0 Å². The molecule has 0 aromatic heterocycles. The smallest absolute Gasteiger partial charge is 0.267 e. The third kappa shape index (κ3) is 12.9. The number of rotatable bonds is 24. The molecule has 8 amide bonds. The van der Waals surface area contributed by atoms with Gasteiger partial charge in [-0.3, -0.25) is 53.4 Å². The number of aromatic hydroxyl groups is 1. The van der Waals surface area contributed by atoms with Gasteiger partial charge in [0, 0.05) is 51.2 Å². The predicted octanol–water partition coefficient (Wildman–Crippen LogP) is 0.446. The average Bonchev–Trinajstić information content (AvgIpc) is 3.84. The van der Waals surface area contributed by atoms with Crippen LogP contribution in [0.1, 0.15) is 84.3 Å². The molecule has 3 aliphatic rings. The standard InChI is InChI=1S/C47H53N7O14/c1-53(45(62)31-11-9-29(25-37(31)56)36(55)26-33(48)43(60)51-34-12-10-28-5-2-3-6-30(28)34)18-16-49-39(57)15-19-65-21-23-67-24-22-66-20-17-50-41(59)27-68-38-8-4-7-32-42(38)47(64)54(46(32)63)35-13-14-40(58)52-44(35)61/h2-9,11,25-26,34-35,56H,10,12-24,27,48H2,1H3,(H,49,57)(H,50,59)(H,51,60)(H,52,58,61). The quantitative estimate of drug-likeness (QED) is 0.0308. The molecule has 68 heavy (non-hydrogen) atoms. The van der Waals surface area contributed by atoms with E-state index in [1.54, 1.807) is 0 Å². The van der Waals surface area contributed by atoms with Crippen molar-refractivity contribution < 1.29 is 67.2 Å². The highest BCUT2D eigenvalue weighted by atomic mass is 16.5. The number of ketones is 1. The van der Waals surface area contributed by atoms with Crippen LogP contribution >= 0.6 is 0 Å². The van der Waals surface area contributed by atoms with E-state index in [2.05, 4.69) is 21.3 Å². The van der Waals surface area contributed by atoms with E-state index < -0.39 is 65.5 Å². The molecule has 21 heteroatoms. The first-order chi connectivity index (χ1) is 32.7. The van der Waals surface area contributed by atoms with Crippen molar-refractivity contribution >= 4 is 53.0 Å². The zero-order valence-corrected chi connectivity index (χ0v) is 37.3. The molecule has 3 aromatic rings. The minimum absolute atomic E-state index is 0.00833. The number of fused-ring (bicyclic) bond motifs is 2. The SMILES string of the molecule is CN(CCNC(=O)CCOCCOCCOCCNC(=O)COc1cccc2c1C(=O)N(C1CCC(=O)NC1=O)C2=O)C(=O)c1ccc(C(=O)C=C(N)C(=O)NC2CCc3ccccc32)cc1O. The van der Waals surface area contributed by atoms with Gasteiger partial charge in [0.25, 0.3) is 29.5 Å². The fourth-order valence-electron chi connectivity index (χ4n) is 7.63. The lowest BCUT2D eigenvalue weighted by Crippen LogP contribution is -2.54. The number of carbonyl (C=O) groups excluding carboxylic acids is 9. The summed E-state index contributed by atoms with van der Waals surface area (Å²) in [5.74, 6) is -5.63. The first kappa shape index (κ1) is 49.9. The van der Waals surface area contributed by atoms with Crippen LogP contribution in [-0.4, -0.2) is 147 Å². The van der Waals surface area contributed by atoms with Crippen LogP contribution in [0.2, 0.25) is 0 Å². The second kappa shape index (κ2) is 23.8. The Hall–Kier alpha value is -7.49. The van der Waals surface area contributed by atoms with Gasteiger partial charge in [-0.25, -0.2) is 0 Å². The van der Waals surface area contributed by atoms with Crippen molar-refractivity contribution in [1.29, 1.82) is 0 Å². The Morgan fingerprint density at radius 3 is 2.31 bits per heavy atom. The van der Waals surface area contributed by atoms with Crippen LogP contribution < -0.4 is 31.7 Å². The lowest BCUT2D eigenvalue weighted by atomic mass is 10.0. The lowest BCUT2D eigenvalue weighted by molar-refractivity contribution is -0.136. The monoisotopic (exact) mass is 939 g/mol. The van der Waals surface area contributed by atoms with Crippen LogP contribution in [0.4, 0.5) is 0 Å². The van der Waals surface area contributed by atoms with Crippen molar-refractivity contribution in [2.75, 3.05) is 72.9 Å². The molecular formula is C47H53N7O14. The van der Waals surface area contributed by atoms with Gasteiger partial charge in [0.2, 0.25) is 17.7 Å². The number of ether oxygens (including phenoxy) is 4. The molecule has 1 saturated heterocycles. The predicted molar refractivity (Wildman–Crippen MR) is 239 cm³/mol. The summed E-state index contributed by atoms with van der Waals surface area (Å²) < 4.78 is 21.9. The zero-order valence-electron chi connectivity index (χ0n) is 37.3. The molecule has 0 radical (unpaired) electrons. The minimum Gasteiger partial charge on any atom is -0.507 e. The van der Waals surface area contributed by atoms with E-state index in [1.807, 2.05) is 24.3 Å². The van der Waals surface area contributed by atoms with E-state index in [1.165, 1.54) is 42.3 Å². The van der Waals surface area contributed by atoms with Gasteiger partial charge < -0.3 is 50.6 Å². The maximum atomic E-state index is 13.2. The van der Waals surface area contributed by atoms with E-state index in [-0.39, 0.29) is 124 Å². The number of nitrogens with two attached hydrogens (primary N) is 1. The van der Waals surface area contributed by atoms with Crippen LogP contribution in [-0.2, 0) is 44.6 Å². The fourth-order valence-corrected chi connectivity index (χ4v) is 7.63. The zero-order chi connectivity index (χ0) is 48.7. The van der Waals surface area contributed by atoms with Gasteiger partial charge in [-0.1, -0.05) is 30.3 Å². The molecule has 7 N–H and O–H groups in total. The number of imide groups is 2. The largest absolute Gasteiger partial charge is 0.507 e. The summed E-state index contributed by atoms with van der Waals surface area (Å²) >= 11 is 0. The Kier molecular flexibility index (Phi) is 17.5. The molecule has 6 rings (SSSR count). The van der Waals surface area contributed by atoms with Crippen LogP contribution in [0, 0.1) is 0 Å². The Labute approximate surface area is 390 Å². The van der Waals surface area contributed by atoms with Gasteiger partial charge >= 0.3 is 0 Å². The molecule has 1 fully saturated rings. The molecule has 360 valence electrons. The van der Waals surface area contributed by atoms with Crippen molar-refractivity contribution in [2.45, 2.75) is 44.2 Å². The molecule has 0 saturated carbocycles. The first-order valence-corrected chi connectivity index (χ1v) is 22.0. The number of benzene rings is 3. The van der Waals surface area contributed by atoms with Crippen molar-refractivity contribution in [1.82, 2.24) is 31.1 Å². The Morgan fingerprint density at radius 1 is 0.838 bits per heavy atom. The van der Waals surface area contributed by atoms with E-state index in [4.69, 9.17) is 24.7 Å². The molecule has 0 bridgehead atoms. The van der Waals surface area contributed by atoms with E-state index in [0.717, 1.165) is 41.0 Å². The number of aryl methyl sites for hydroxylation is 1. The molecular weight excluding hydrogens is 887 g/mol. The van der Waals surface area contributed by atoms with Crippen molar-refractivity contribution in [3.05, 3.63) is 106 Å². The number of hydrogen-bond acceptors (Lipinski definition) is 15. The number of nitrogens with zero attached hydrogens (tertiary/aromatic N) is 2. The van der Waals surface area contributed by atoms with Crippen LogP contribution in [0.25, 0.3) is 0 Å². The minimum atomic E-state index is -1.13. The number of phenols is 1. The molecule has 21 nitrogen and oxygen atoms in total. The Bertz CT molecular complexity index is 2470. The highest BCUT2D eigenvalue weighted by Crippen LogP contribution is 2.34. The maximum absolute atomic E-state index is 13.2. The number of phenolic OH excluding ortho intramolecular Hbond substituents is 1. The third-order valence-corrected chi connectivity index (χ3v) is 11.2. The van der Waals surface area contributed by atoms with E-state index >= 15 is 0 Å². The highest BCUT2D eigenvalue weighted by Gasteiger charge is 2.46. The van der Waals surface area contributed by atoms with Crippen LogP contribution in [0.15, 0.2) is 72.4 Å². The number of hydrogen-bond donors (Lipinski definition) is 6. The molecule has 3 aromatic carbocycles. The van der Waals surface area contributed by atoms with Gasteiger partial charge in [0.05, 0.1) is 62.4 Å². The molecule has 2 aliphatic heterocycles. The normalized spacial score (nSPS) is 16.4. The van der Waals surface area contributed by atoms with Gasteiger partial charge in [-0.05, 0) is 60.7 Å². The van der Waals surface area contributed by atoms with Gasteiger partial charge in [-0.15, -0.1) is 0 Å². The summed E-state index contributed by atoms with van der Waals surface area (Å²) in [6, 6.07) is 14.6. The summed E-state index contributed by atoms with van der Waals surface area (Å²) in [5, 5.41) is 20.9. The first-order valence-electron chi connectivity index (χ1n) is 22.0. The third-order valence-electron chi connectivity index (χ3n) is 11.2. The topological polar surface area (TPSA) is 291 Å². The van der Waals surface area contributed by atoms with Gasteiger partial charge in [0.1, 0.15) is 23.2 Å². The van der Waals surface area contributed by atoms with Crippen molar-refractivity contribution in [2.24, 2.45) is 5.73 Å². The number of piperidine rings is 1. The van der Waals surface area contributed by atoms with Crippen molar-refractivity contribution in [3.63, 3.8) is 0 Å². The second-order valence-corrected chi connectivity index (χ2v) is 15.9. The summed E-state index contributed by atoms with van der Waals surface area (Å²) in [5.41, 5.74) is 7.75.